The number of hydrogen-bond acceptors (Lipinski definition) is 3. The standard InChI is InChI=1S/C14H19BrO3/c1-16-13-5-4-11(10-15)14(9-13)18-8-6-12-3-2-7-17-12/h4-5,9,12H,2-3,6-8,10H2,1H3. The van der Waals surface area contributed by atoms with E-state index >= 15 is 0 Å². The van der Waals surface area contributed by atoms with Crippen LogP contribution in [0.4, 0.5) is 0 Å². The second kappa shape index (κ2) is 7.00. The Morgan fingerprint density at radius 2 is 2.33 bits per heavy atom. The van der Waals surface area contributed by atoms with Gasteiger partial charge in [0.15, 0.2) is 0 Å². The fourth-order valence-corrected chi connectivity index (χ4v) is 2.54. The van der Waals surface area contributed by atoms with Crippen molar-refractivity contribution in [3.05, 3.63) is 23.8 Å². The van der Waals surface area contributed by atoms with Crippen molar-refractivity contribution in [2.24, 2.45) is 0 Å². The van der Waals surface area contributed by atoms with Gasteiger partial charge in [-0.3, -0.25) is 0 Å². The lowest BCUT2D eigenvalue weighted by Crippen LogP contribution is -2.11. The molecule has 0 spiro atoms. The largest absolute Gasteiger partial charge is 0.497 e. The van der Waals surface area contributed by atoms with E-state index in [0.29, 0.717) is 12.7 Å². The first-order valence-corrected chi connectivity index (χ1v) is 7.43. The molecule has 1 aliphatic rings. The van der Waals surface area contributed by atoms with Crippen LogP contribution in [-0.2, 0) is 10.1 Å². The lowest BCUT2D eigenvalue weighted by atomic mass is 10.2. The third-order valence-corrected chi connectivity index (χ3v) is 3.74. The molecule has 100 valence electrons. The van der Waals surface area contributed by atoms with Gasteiger partial charge in [0, 0.05) is 30.0 Å². The molecule has 2 rings (SSSR count). The molecule has 18 heavy (non-hydrogen) atoms. The highest BCUT2D eigenvalue weighted by Gasteiger charge is 2.15. The number of benzene rings is 1. The summed E-state index contributed by atoms with van der Waals surface area (Å²) in [6.07, 6.45) is 3.67. The molecule has 0 saturated carbocycles. The SMILES string of the molecule is COc1ccc(CBr)c(OCCC2CCCO2)c1. The first kappa shape index (κ1) is 13.7. The molecule has 0 radical (unpaired) electrons. The Balaban J connectivity index is 1.89. The van der Waals surface area contributed by atoms with Gasteiger partial charge in [-0.1, -0.05) is 22.0 Å². The van der Waals surface area contributed by atoms with Crippen molar-refractivity contribution >= 4 is 15.9 Å². The van der Waals surface area contributed by atoms with E-state index in [2.05, 4.69) is 15.9 Å². The third-order valence-electron chi connectivity index (χ3n) is 3.14. The Morgan fingerprint density at radius 1 is 1.44 bits per heavy atom. The van der Waals surface area contributed by atoms with Crippen molar-refractivity contribution in [1.82, 2.24) is 0 Å². The smallest absolute Gasteiger partial charge is 0.127 e. The predicted molar refractivity (Wildman–Crippen MR) is 74.7 cm³/mol. The number of hydrogen-bond donors (Lipinski definition) is 0. The molecular weight excluding hydrogens is 296 g/mol. The highest BCUT2D eigenvalue weighted by atomic mass is 79.9. The molecule has 4 heteroatoms. The Hall–Kier alpha value is -0.740. The number of ether oxygens (including phenoxy) is 3. The minimum Gasteiger partial charge on any atom is -0.497 e. The maximum atomic E-state index is 5.84. The lowest BCUT2D eigenvalue weighted by Gasteiger charge is -2.13. The fourth-order valence-electron chi connectivity index (χ4n) is 2.08. The first-order valence-electron chi connectivity index (χ1n) is 6.30. The molecular formula is C14H19BrO3. The average molecular weight is 315 g/mol. The fraction of sp³-hybridized carbons (Fsp3) is 0.571. The zero-order valence-corrected chi connectivity index (χ0v) is 12.2. The molecule has 1 aliphatic heterocycles. The van der Waals surface area contributed by atoms with E-state index in [4.69, 9.17) is 14.2 Å². The summed E-state index contributed by atoms with van der Waals surface area (Å²) >= 11 is 3.47. The summed E-state index contributed by atoms with van der Waals surface area (Å²) in [4.78, 5) is 0. The van der Waals surface area contributed by atoms with Gasteiger partial charge in [-0.15, -0.1) is 0 Å². The zero-order chi connectivity index (χ0) is 12.8. The van der Waals surface area contributed by atoms with E-state index in [1.54, 1.807) is 7.11 Å². The van der Waals surface area contributed by atoms with E-state index in [0.717, 1.165) is 41.8 Å². The molecule has 0 amide bonds. The summed E-state index contributed by atoms with van der Waals surface area (Å²) in [6, 6.07) is 5.91. The van der Waals surface area contributed by atoms with Crippen LogP contribution in [0.2, 0.25) is 0 Å². The Kier molecular flexibility index (Phi) is 5.32. The molecule has 0 bridgehead atoms. The predicted octanol–water partition coefficient (Wildman–Crippen LogP) is 3.54. The summed E-state index contributed by atoms with van der Waals surface area (Å²) in [5.74, 6) is 1.72. The van der Waals surface area contributed by atoms with Gasteiger partial charge in [0.1, 0.15) is 11.5 Å². The molecule has 0 N–H and O–H groups in total. The van der Waals surface area contributed by atoms with Crippen LogP contribution >= 0.6 is 15.9 Å². The van der Waals surface area contributed by atoms with Gasteiger partial charge in [-0.05, 0) is 18.9 Å². The van der Waals surface area contributed by atoms with Crippen molar-refractivity contribution in [2.75, 3.05) is 20.3 Å². The van der Waals surface area contributed by atoms with E-state index in [-0.39, 0.29) is 0 Å². The Bertz CT molecular complexity index is 375. The van der Waals surface area contributed by atoms with E-state index in [1.165, 1.54) is 6.42 Å². The Labute approximate surface area is 117 Å². The number of alkyl halides is 1. The summed E-state index contributed by atoms with van der Waals surface area (Å²) in [5.41, 5.74) is 1.14. The van der Waals surface area contributed by atoms with Crippen LogP contribution in [0.3, 0.4) is 0 Å². The van der Waals surface area contributed by atoms with Crippen LogP contribution in [-0.4, -0.2) is 26.4 Å². The summed E-state index contributed by atoms with van der Waals surface area (Å²) in [7, 11) is 1.67. The van der Waals surface area contributed by atoms with Crippen molar-refractivity contribution < 1.29 is 14.2 Å². The summed E-state index contributed by atoms with van der Waals surface area (Å²) < 4.78 is 16.6. The molecule has 1 aromatic rings. The summed E-state index contributed by atoms with van der Waals surface area (Å²) in [5, 5.41) is 0.784. The van der Waals surface area contributed by atoms with E-state index < -0.39 is 0 Å². The number of methoxy groups -OCH3 is 1. The third kappa shape index (κ3) is 3.62. The van der Waals surface area contributed by atoms with E-state index in [1.807, 2.05) is 18.2 Å². The highest BCUT2D eigenvalue weighted by molar-refractivity contribution is 9.08. The van der Waals surface area contributed by atoms with Gasteiger partial charge in [0.2, 0.25) is 0 Å². The van der Waals surface area contributed by atoms with Gasteiger partial charge in [-0.25, -0.2) is 0 Å². The minimum absolute atomic E-state index is 0.378. The molecule has 1 heterocycles. The van der Waals surface area contributed by atoms with Crippen LogP contribution in [0.15, 0.2) is 18.2 Å². The molecule has 1 unspecified atom stereocenters. The maximum absolute atomic E-state index is 5.84. The summed E-state index contributed by atoms with van der Waals surface area (Å²) in [6.45, 7) is 1.59. The molecule has 0 aliphatic carbocycles. The van der Waals surface area contributed by atoms with Crippen LogP contribution in [0.25, 0.3) is 0 Å². The maximum Gasteiger partial charge on any atom is 0.127 e. The van der Waals surface area contributed by atoms with Crippen LogP contribution in [0.1, 0.15) is 24.8 Å². The molecule has 0 aromatic heterocycles. The zero-order valence-electron chi connectivity index (χ0n) is 10.7. The van der Waals surface area contributed by atoms with Gasteiger partial charge < -0.3 is 14.2 Å². The quantitative estimate of drug-likeness (QED) is 0.752. The monoisotopic (exact) mass is 314 g/mol. The van der Waals surface area contributed by atoms with Crippen molar-refractivity contribution in [3.63, 3.8) is 0 Å². The highest BCUT2D eigenvalue weighted by Crippen LogP contribution is 2.27. The molecule has 1 saturated heterocycles. The molecule has 1 aromatic carbocycles. The van der Waals surface area contributed by atoms with E-state index in [9.17, 15) is 0 Å². The number of halogens is 1. The minimum atomic E-state index is 0.378. The number of rotatable bonds is 6. The van der Waals surface area contributed by atoms with Gasteiger partial charge in [0.25, 0.3) is 0 Å². The second-order valence-corrected chi connectivity index (χ2v) is 4.94. The van der Waals surface area contributed by atoms with Gasteiger partial charge in [0.05, 0.1) is 19.8 Å². The molecule has 1 atom stereocenters. The van der Waals surface area contributed by atoms with Crippen molar-refractivity contribution in [1.29, 1.82) is 0 Å². The molecule has 1 fully saturated rings. The van der Waals surface area contributed by atoms with Gasteiger partial charge in [-0.2, -0.15) is 0 Å². The second-order valence-electron chi connectivity index (χ2n) is 4.38. The average Bonchev–Trinajstić information content (AvgIpc) is 2.92. The van der Waals surface area contributed by atoms with Crippen LogP contribution in [0.5, 0.6) is 11.5 Å². The topological polar surface area (TPSA) is 27.7 Å². The van der Waals surface area contributed by atoms with Gasteiger partial charge >= 0.3 is 0 Å². The van der Waals surface area contributed by atoms with Crippen LogP contribution < -0.4 is 9.47 Å². The van der Waals surface area contributed by atoms with Crippen molar-refractivity contribution in [3.8, 4) is 11.5 Å². The Morgan fingerprint density at radius 3 is 3.00 bits per heavy atom. The van der Waals surface area contributed by atoms with Crippen LogP contribution in [0, 0.1) is 0 Å². The molecule has 3 nitrogen and oxygen atoms in total. The normalized spacial score (nSPS) is 18.9. The lowest BCUT2D eigenvalue weighted by molar-refractivity contribution is 0.0902. The van der Waals surface area contributed by atoms with Crippen molar-refractivity contribution in [2.45, 2.75) is 30.7 Å². The first-order chi connectivity index (χ1) is 8.83.